The topological polar surface area (TPSA) is 54.0 Å². The molecule has 128 valence electrons. The Morgan fingerprint density at radius 1 is 0.920 bits per heavy atom. The minimum absolute atomic E-state index is 0.148. The molecule has 3 rings (SSSR count). The van der Waals surface area contributed by atoms with Gasteiger partial charge in [0.05, 0.1) is 5.01 Å². The molecule has 0 unspecified atom stereocenters. The summed E-state index contributed by atoms with van der Waals surface area (Å²) in [5.74, 6) is 0. The first-order valence-electron chi connectivity index (χ1n) is 8.33. The molecule has 0 aliphatic heterocycles. The Labute approximate surface area is 151 Å². The van der Waals surface area contributed by atoms with Crippen LogP contribution in [0, 0.1) is 0 Å². The summed E-state index contributed by atoms with van der Waals surface area (Å²) in [5.41, 5.74) is 2.37. The molecule has 1 heterocycles. The lowest BCUT2D eigenvalue weighted by molar-refractivity contribution is 0.240. The largest absolute Gasteiger partial charge is 0.338 e. The lowest BCUT2D eigenvalue weighted by Gasteiger charge is -2.06. The number of rotatable bonds is 7. The second kappa shape index (κ2) is 8.99. The maximum Gasteiger partial charge on any atom is 0.315 e. The van der Waals surface area contributed by atoms with Crippen LogP contribution < -0.4 is 10.6 Å². The van der Waals surface area contributed by atoms with Crippen molar-refractivity contribution in [3.8, 4) is 0 Å². The van der Waals surface area contributed by atoms with Crippen molar-refractivity contribution in [3.05, 3.63) is 87.9 Å². The molecular formula is C20H21N3OS. The van der Waals surface area contributed by atoms with Crippen LogP contribution in [0.2, 0.25) is 0 Å². The number of carbonyl (C=O) groups is 1. The van der Waals surface area contributed by atoms with E-state index >= 15 is 0 Å². The minimum Gasteiger partial charge on any atom is -0.338 e. The van der Waals surface area contributed by atoms with Gasteiger partial charge in [0, 0.05) is 37.0 Å². The Bertz CT molecular complexity index is 787. The zero-order valence-corrected chi connectivity index (χ0v) is 14.8. The monoisotopic (exact) mass is 351 g/mol. The fourth-order valence-electron chi connectivity index (χ4n) is 2.47. The number of amides is 2. The lowest BCUT2D eigenvalue weighted by atomic mass is 10.1. The molecule has 0 atom stereocenters. The Kier molecular flexibility index (Phi) is 6.17. The summed E-state index contributed by atoms with van der Waals surface area (Å²) >= 11 is 1.71. The number of nitrogens with one attached hydrogen (secondary N) is 2. The van der Waals surface area contributed by atoms with Gasteiger partial charge in [-0.05, 0) is 11.1 Å². The molecule has 2 N–H and O–H groups in total. The highest BCUT2D eigenvalue weighted by atomic mass is 32.1. The third kappa shape index (κ3) is 5.72. The molecule has 2 aromatic carbocycles. The number of hydrogen-bond acceptors (Lipinski definition) is 3. The number of carbonyl (C=O) groups excluding carboxylic acids is 1. The van der Waals surface area contributed by atoms with E-state index in [0.29, 0.717) is 13.1 Å². The van der Waals surface area contributed by atoms with E-state index in [1.807, 2.05) is 42.6 Å². The summed E-state index contributed by atoms with van der Waals surface area (Å²) in [5, 5.41) is 6.78. The Balaban J connectivity index is 1.38. The summed E-state index contributed by atoms with van der Waals surface area (Å²) in [6.45, 7) is 1.12. The van der Waals surface area contributed by atoms with Gasteiger partial charge in [-0.15, -0.1) is 11.3 Å². The first kappa shape index (κ1) is 17.2. The predicted molar refractivity (Wildman–Crippen MR) is 102 cm³/mol. The van der Waals surface area contributed by atoms with Gasteiger partial charge in [0.25, 0.3) is 0 Å². The van der Waals surface area contributed by atoms with E-state index in [4.69, 9.17) is 0 Å². The molecule has 0 radical (unpaired) electrons. The zero-order valence-electron chi connectivity index (χ0n) is 13.9. The van der Waals surface area contributed by atoms with Gasteiger partial charge in [-0.2, -0.15) is 0 Å². The van der Waals surface area contributed by atoms with Crippen molar-refractivity contribution in [2.45, 2.75) is 19.4 Å². The van der Waals surface area contributed by atoms with Crippen molar-refractivity contribution in [2.24, 2.45) is 0 Å². The van der Waals surface area contributed by atoms with Gasteiger partial charge in [-0.25, -0.2) is 9.78 Å². The van der Waals surface area contributed by atoms with Crippen LogP contribution in [-0.4, -0.2) is 17.6 Å². The van der Waals surface area contributed by atoms with E-state index in [1.54, 1.807) is 11.3 Å². The molecule has 0 fully saturated rings. The summed E-state index contributed by atoms with van der Waals surface area (Å²) in [4.78, 5) is 17.5. The molecular weight excluding hydrogens is 330 g/mol. The Morgan fingerprint density at radius 2 is 1.60 bits per heavy atom. The summed E-state index contributed by atoms with van der Waals surface area (Å²) in [6, 6.07) is 20.1. The highest BCUT2D eigenvalue weighted by Gasteiger charge is 2.05. The average molecular weight is 351 g/mol. The zero-order chi connectivity index (χ0) is 17.3. The highest BCUT2D eigenvalue weighted by Crippen LogP contribution is 2.17. The molecule has 0 aliphatic carbocycles. The number of urea groups is 1. The summed E-state index contributed by atoms with van der Waals surface area (Å²) in [6.07, 6.45) is 3.59. The fourth-order valence-corrected chi connectivity index (χ4v) is 3.42. The number of benzene rings is 2. The molecule has 0 bridgehead atoms. The molecule has 25 heavy (non-hydrogen) atoms. The molecule has 5 heteroatoms. The quantitative estimate of drug-likeness (QED) is 0.681. The second-order valence-corrected chi connectivity index (χ2v) is 6.93. The van der Waals surface area contributed by atoms with E-state index in [-0.39, 0.29) is 6.03 Å². The van der Waals surface area contributed by atoms with E-state index < -0.39 is 0 Å². The number of nitrogens with zero attached hydrogens (tertiary/aromatic N) is 1. The van der Waals surface area contributed by atoms with Crippen LogP contribution in [0.15, 0.2) is 66.9 Å². The van der Waals surface area contributed by atoms with E-state index in [0.717, 1.165) is 23.4 Å². The summed E-state index contributed by atoms with van der Waals surface area (Å²) in [7, 11) is 0. The van der Waals surface area contributed by atoms with Crippen LogP contribution in [0.3, 0.4) is 0 Å². The van der Waals surface area contributed by atoms with Crippen molar-refractivity contribution in [1.29, 1.82) is 0 Å². The van der Waals surface area contributed by atoms with Crippen molar-refractivity contribution >= 4 is 17.4 Å². The molecule has 1 aromatic heterocycles. The van der Waals surface area contributed by atoms with E-state index in [2.05, 4.69) is 39.9 Å². The molecule has 0 saturated carbocycles. The molecule has 0 aliphatic rings. The van der Waals surface area contributed by atoms with Crippen LogP contribution >= 0.6 is 11.3 Å². The van der Waals surface area contributed by atoms with Crippen LogP contribution in [0.4, 0.5) is 4.79 Å². The minimum atomic E-state index is -0.148. The Morgan fingerprint density at radius 3 is 2.32 bits per heavy atom. The highest BCUT2D eigenvalue weighted by molar-refractivity contribution is 7.11. The summed E-state index contributed by atoms with van der Waals surface area (Å²) < 4.78 is 0. The molecule has 0 spiro atoms. The number of hydrogen-bond donors (Lipinski definition) is 2. The second-order valence-electron chi connectivity index (χ2n) is 5.73. The SMILES string of the molecule is O=C(NCCc1ncc(Cc2ccccc2)s1)NCc1ccccc1. The van der Waals surface area contributed by atoms with Crippen molar-refractivity contribution in [3.63, 3.8) is 0 Å². The maximum atomic E-state index is 11.8. The van der Waals surface area contributed by atoms with Gasteiger partial charge in [-0.3, -0.25) is 0 Å². The smallest absolute Gasteiger partial charge is 0.315 e. The number of thiazole rings is 1. The molecule has 0 saturated heterocycles. The van der Waals surface area contributed by atoms with Crippen LogP contribution in [-0.2, 0) is 19.4 Å². The van der Waals surface area contributed by atoms with Crippen molar-refractivity contribution in [2.75, 3.05) is 6.54 Å². The van der Waals surface area contributed by atoms with Crippen molar-refractivity contribution in [1.82, 2.24) is 15.6 Å². The average Bonchev–Trinajstić information content (AvgIpc) is 3.09. The van der Waals surface area contributed by atoms with Gasteiger partial charge >= 0.3 is 6.03 Å². The van der Waals surface area contributed by atoms with Crippen molar-refractivity contribution < 1.29 is 4.79 Å². The fraction of sp³-hybridized carbons (Fsp3) is 0.200. The third-order valence-electron chi connectivity index (χ3n) is 3.74. The van der Waals surface area contributed by atoms with Gasteiger partial charge in [-0.1, -0.05) is 60.7 Å². The predicted octanol–water partition coefficient (Wildman–Crippen LogP) is 3.78. The van der Waals surface area contributed by atoms with Gasteiger partial charge < -0.3 is 10.6 Å². The van der Waals surface area contributed by atoms with E-state index in [1.165, 1.54) is 10.4 Å². The maximum absolute atomic E-state index is 11.8. The van der Waals surface area contributed by atoms with Crippen LogP contribution in [0.5, 0.6) is 0 Å². The van der Waals surface area contributed by atoms with Gasteiger partial charge in [0.15, 0.2) is 0 Å². The first-order valence-corrected chi connectivity index (χ1v) is 9.14. The van der Waals surface area contributed by atoms with Crippen LogP contribution in [0.25, 0.3) is 0 Å². The molecule has 3 aromatic rings. The Hall–Kier alpha value is -2.66. The molecule has 2 amide bonds. The molecule has 4 nitrogen and oxygen atoms in total. The van der Waals surface area contributed by atoms with E-state index in [9.17, 15) is 4.79 Å². The third-order valence-corrected chi connectivity index (χ3v) is 4.80. The van der Waals surface area contributed by atoms with Gasteiger partial charge in [0.2, 0.25) is 0 Å². The van der Waals surface area contributed by atoms with Gasteiger partial charge in [0.1, 0.15) is 0 Å². The number of aromatic nitrogens is 1. The standard InChI is InChI=1S/C20H21N3OS/c24-20(23-14-17-9-5-2-6-10-17)21-12-11-19-22-15-18(25-19)13-16-7-3-1-4-8-16/h1-10,15H,11-14H2,(H2,21,23,24). The first-order chi connectivity index (χ1) is 12.3. The van der Waals surface area contributed by atoms with Crippen LogP contribution in [0.1, 0.15) is 21.0 Å². The lowest BCUT2D eigenvalue weighted by Crippen LogP contribution is -2.36. The normalized spacial score (nSPS) is 10.4.